The highest BCUT2D eigenvalue weighted by Gasteiger charge is 2.25. The van der Waals surface area contributed by atoms with Crippen LogP contribution in [0.1, 0.15) is 18.5 Å². The van der Waals surface area contributed by atoms with E-state index < -0.39 is 16.9 Å². The van der Waals surface area contributed by atoms with Crippen LogP contribution in [0.2, 0.25) is 10.0 Å². The van der Waals surface area contributed by atoms with Crippen LogP contribution in [0.3, 0.4) is 0 Å². The molecule has 0 aliphatic carbocycles. The van der Waals surface area contributed by atoms with Crippen molar-refractivity contribution in [2.75, 3.05) is 7.11 Å². The Morgan fingerprint density at radius 2 is 2.20 bits per heavy atom. The van der Waals surface area contributed by atoms with Gasteiger partial charge in [0.05, 0.1) is 28.3 Å². The summed E-state index contributed by atoms with van der Waals surface area (Å²) in [4.78, 5) is 22.3. The quantitative estimate of drug-likeness (QED) is 0.466. The molecule has 1 aromatic heterocycles. The molecule has 0 saturated carbocycles. The average molecular weight is 386 g/mol. The Morgan fingerprint density at radius 1 is 1.48 bits per heavy atom. The molecule has 2 rings (SSSR count). The van der Waals surface area contributed by atoms with Crippen molar-refractivity contribution in [1.29, 1.82) is 0 Å². The van der Waals surface area contributed by atoms with Gasteiger partial charge in [-0.1, -0.05) is 29.3 Å². The van der Waals surface area contributed by atoms with E-state index in [4.69, 9.17) is 27.9 Å². The molecular formula is C14H13Cl2N5O4. The van der Waals surface area contributed by atoms with Gasteiger partial charge >= 0.3 is 11.6 Å². The maximum atomic E-state index is 12.1. The molecule has 0 fully saturated rings. The van der Waals surface area contributed by atoms with Crippen molar-refractivity contribution < 1.29 is 14.5 Å². The van der Waals surface area contributed by atoms with Gasteiger partial charge in [-0.05, 0) is 24.6 Å². The van der Waals surface area contributed by atoms with Crippen LogP contribution in [0.15, 0.2) is 29.5 Å². The number of halogens is 2. The highest BCUT2D eigenvalue weighted by atomic mass is 35.5. The summed E-state index contributed by atoms with van der Waals surface area (Å²) in [5, 5.41) is 19.3. The number of benzene rings is 1. The molecule has 0 aliphatic rings. The lowest BCUT2D eigenvalue weighted by Gasteiger charge is -2.09. The van der Waals surface area contributed by atoms with Crippen molar-refractivity contribution in [3.05, 3.63) is 50.1 Å². The third kappa shape index (κ3) is 4.46. The van der Waals surface area contributed by atoms with Gasteiger partial charge in [0.25, 0.3) is 5.91 Å². The van der Waals surface area contributed by atoms with Crippen LogP contribution in [0.5, 0.6) is 5.88 Å². The summed E-state index contributed by atoms with van der Waals surface area (Å²) in [7, 11) is 1.26. The smallest absolute Gasteiger partial charge is 0.350 e. The molecule has 0 spiro atoms. The van der Waals surface area contributed by atoms with Crippen molar-refractivity contribution in [3.8, 4) is 5.88 Å². The number of amides is 1. The van der Waals surface area contributed by atoms with Crippen LogP contribution in [0, 0.1) is 10.1 Å². The molecule has 1 heterocycles. The summed E-state index contributed by atoms with van der Waals surface area (Å²) in [5.41, 5.74) is 2.63. The van der Waals surface area contributed by atoms with Gasteiger partial charge in [-0.25, -0.2) is 10.1 Å². The third-order valence-corrected chi connectivity index (χ3v) is 3.92. The SMILES string of the molecule is COc1nn([C@@H](C)C(=O)NN=Cc2ccc(Cl)c(Cl)c2)cc1[N+](=O)[O-]. The molecule has 0 saturated heterocycles. The van der Waals surface area contributed by atoms with Gasteiger partial charge in [-0.3, -0.25) is 14.9 Å². The molecule has 1 N–H and O–H groups in total. The van der Waals surface area contributed by atoms with Crippen molar-refractivity contribution in [2.45, 2.75) is 13.0 Å². The van der Waals surface area contributed by atoms with E-state index in [0.29, 0.717) is 15.6 Å². The second-order valence-corrected chi connectivity index (χ2v) is 5.66. The Labute approximate surface area is 152 Å². The molecule has 132 valence electrons. The minimum absolute atomic E-state index is 0.177. The normalized spacial score (nSPS) is 12.2. The summed E-state index contributed by atoms with van der Waals surface area (Å²) in [6.45, 7) is 1.51. The lowest BCUT2D eigenvalue weighted by atomic mass is 10.2. The molecule has 0 aliphatic heterocycles. The van der Waals surface area contributed by atoms with Crippen LogP contribution in [-0.4, -0.2) is 33.9 Å². The molecule has 11 heteroatoms. The van der Waals surface area contributed by atoms with E-state index in [9.17, 15) is 14.9 Å². The first-order chi connectivity index (χ1) is 11.8. The van der Waals surface area contributed by atoms with E-state index in [0.717, 1.165) is 10.9 Å². The van der Waals surface area contributed by atoms with Crippen molar-refractivity contribution in [3.63, 3.8) is 0 Å². The van der Waals surface area contributed by atoms with Crippen LogP contribution in [0.25, 0.3) is 0 Å². The van der Waals surface area contributed by atoms with Crippen LogP contribution >= 0.6 is 23.2 Å². The van der Waals surface area contributed by atoms with Crippen molar-refractivity contribution >= 4 is 41.0 Å². The van der Waals surface area contributed by atoms with Crippen LogP contribution in [0.4, 0.5) is 5.69 Å². The Morgan fingerprint density at radius 3 is 2.76 bits per heavy atom. The molecule has 9 nitrogen and oxygen atoms in total. The van der Waals surface area contributed by atoms with Gasteiger partial charge in [-0.2, -0.15) is 5.10 Å². The minimum atomic E-state index is -0.839. The zero-order valence-corrected chi connectivity index (χ0v) is 14.7. The number of hydrazone groups is 1. The number of hydrogen-bond donors (Lipinski definition) is 1. The minimum Gasteiger partial charge on any atom is -0.475 e. The fourth-order valence-electron chi connectivity index (χ4n) is 1.81. The summed E-state index contributed by atoms with van der Waals surface area (Å²) >= 11 is 11.7. The molecule has 0 bridgehead atoms. The number of nitro groups is 1. The highest BCUT2D eigenvalue weighted by Crippen LogP contribution is 2.26. The zero-order valence-electron chi connectivity index (χ0n) is 13.1. The first kappa shape index (κ1) is 18.7. The number of hydrogen-bond acceptors (Lipinski definition) is 6. The number of rotatable bonds is 6. The molecule has 0 radical (unpaired) electrons. The van der Waals surface area contributed by atoms with Gasteiger partial charge in [0.2, 0.25) is 0 Å². The number of nitrogens with one attached hydrogen (secondary N) is 1. The number of nitrogens with zero attached hydrogens (tertiary/aromatic N) is 4. The highest BCUT2D eigenvalue weighted by molar-refractivity contribution is 6.42. The summed E-state index contributed by atoms with van der Waals surface area (Å²) < 4.78 is 5.94. The largest absolute Gasteiger partial charge is 0.475 e. The maximum Gasteiger partial charge on any atom is 0.350 e. The first-order valence-electron chi connectivity index (χ1n) is 6.89. The number of ether oxygens (including phenoxy) is 1. The summed E-state index contributed by atoms with van der Waals surface area (Å²) in [6, 6.07) is 4.03. The molecule has 0 unspecified atom stereocenters. The van der Waals surface area contributed by atoms with Crippen molar-refractivity contribution in [2.24, 2.45) is 5.10 Å². The number of aromatic nitrogens is 2. The summed E-state index contributed by atoms with van der Waals surface area (Å²) in [6.07, 6.45) is 2.50. The van der Waals surface area contributed by atoms with E-state index in [-0.39, 0.29) is 11.6 Å². The van der Waals surface area contributed by atoms with E-state index in [1.807, 2.05) is 0 Å². The number of methoxy groups -OCH3 is 1. The standard InChI is InChI=1S/C14H13Cl2N5O4/c1-8(20-7-12(21(23)24)14(19-20)25-2)13(22)18-17-6-9-3-4-10(15)11(16)5-9/h3-8H,1-2H3,(H,18,22)/t8-/m0/s1. The lowest BCUT2D eigenvalue weighted by molar-refractivity contribution is -0.385. The Kier molecular flexibility index (Phi) is 5.94. The van der Waals surface area contributed by atoms with E-state index in [2.05, 4.69) is 15.6 Å². The Bertz CT molecular complexity index is 837. The molecule has 25 heavy (non-hydrogen) atoms. The zero-order chi connectivity index (χ0) is 18.6. The summed E-state index contributed by atoms with van der Waals surface area (Å²) in [5.74, 6) is -0.694. The van der Waals surface area contributed by atoms with Gasteiger partial charge in [-0.15, -0.1) is 5.10 Å². The van der Waals surface area contributed by atoms with E-state index >= 15 is 0 Å². The molecule has 1 atom stereocenters. The van der Waals surface area contributed by atoms with Crippen LogP contribution in [-0.2, 0) is 4.79 Å². The lowest BCUT2D eigenvalue weighted by Crippen LogP contribution is -2.27. The molecular weight excluding hydrogens is 373 g/mol. The second-order valence-electron chi connectivity index (χ2n) is 4.84. The molecule has 1 aromatic carbocycles. The molecule has 1 amide bonds. The predicted molar refractivity (Wildman–Crippen MR) is 92.3 cm³/mol. The van der Waals surface area contributed by atoms with E-state index in [1.54, 1.807) is 18.2 Å². The third-order valence-electron chi connectivity index (χ3n) is 3.18. The fourth-order valence-corrected chi connectivity index (χ4v) is 2.12. The Hall–Kier alpha value is -2.65. The van der Waals surface area contributed by atoms with Crippen LogP contribution < -0.4 is 10.2 Å². The fraction of sp³-hybridized carbons (Fsp3) is 0.214. The second kappa shape index (κ2) is 7.95. The van der Waals surface area contributed by atoms with Crippen molar-refractivity contribution in [1.82, 2.24) is 15.2 Å². The topological polar surface area (TPSA) is 112 Å². The van der Waals surface area contributed by atoms with Gasteiger partial charge in [0.1, 0.15) is 12.2 Å². The number of carbonyl (C=O) groups is 1. The Balaban J connectivity index is 2.06. The van der Waals surface area contributed by atoms with Gasteiger partial charge in [0, 0.05) is 0 Å². The van der Waals surface area contributed by atoms with E-state index in [1.165, 1.54) is 20.2 Å². The molecule has 2 aromatic rings. The number of carbonyl (C=O) groups excluding carboxylic acids is 1. The predicted octanol–water partition coefficient (Wildman–Crippen LogP) is 2.82. The first-order valence-corrected chi connectivity index (χ1v) is 7.64. The average Bonchev–Trinajstić information content (AvgIpc) is 3.02. The monoisotopic (exact) mass is 385 g/mol. The van der Waals surface area contributed by atoms with Gasteiger partial charge in [0.15, 0.2) is 0 Å². The maximum absolute atomic E-state index is 12.1. The van der Waals surface area contributed by atoms with Gasteiger partial charge < -0.3 is 4.74 Å².